The van der Waals surface area contributed by atoms with Crippen LogP contribution in [0.3, 0.4) is 0 Å². The second-order valence-electron chi connectivity index (χ2n) is 2.64. The SMILES string of the molecule is NC1=Nc2cnccc2C=CC1. The Labute approximate surface area is 70.7 Å². The van der Waals surface area contributed by atoms with Crippen LogP contribution in [0.2, 0.25) is 0 Å². The Hall–Kier alpha value is -1.64. The molecule has 0 amide bonds. The molecule has 12 heavy (non-hydrogen) atoms. The third-order valence-corrected chi connectivity index (χ3v) is 1.72. The van der Waals surface area contributed by atoms with E-state index in [1.54, 1.807) is 12.4 Å². The van der Waals surface area contributed by atoms with Crippen LogP contribution in [0.5, 0.6) is 0 Å². The largest absolute Gasteiger partial charge is 0.387 e. The molecule has 1 aliphatic heterocycles. The summed E-state index contributed by atoms with van der Waals surface area (Å²) < 4.78 is 0. The van der Waals surface area contributed by atoms with E-state index in [1.165, 1.54) is 0 Å². The lowest BCUT2D eigenvalue weighted by Crippen LogP contribution is -2.08. The van der Waals surface area contributed by atoms with Crippen LogP contribution in [0.15, 0.2) is 29.5 Å². The fraction of sp³-hybridized carbons (Fsp3) is 0.111. The van der Waals surface area contributed by atoms with Crippen molar-refractivity contribution in [2.45, 2.75) is 6.42 Å². The summed E-state index contributed by atoms with van der Waals surface area (Å²) in [6, 6.07) is 1.92. The van der Waals surface area contributed by atoms with Gasteiger partial charge in [0, 0.05) is 18.2 Å². The second kappa shape index (κ2) is 2.77. The molecule has 60 valence electrons. The molecule has 2 N–H and O–H groups in total. The smallest absolute Gasteiger partial charge is 0.104 e. The number of amidine groups is 1. The number of pyridine rings is 1. The van der Waals surface area contributed by atoms with Gasteiger partial charge in [-0.25, -0.2) is 4.99 Å². The van der Waals surface area contributed by atoms with E-state index in [9.17, 15) is 0 Å². The minimum absolute atomic E-state index is 0.637. The van der Waals surface area contributed by atoms with E-state index in [0.29, 0.717) is 12.3 Å². The number of nitrogens with two attached hydrogens (primary N) is 1. The number of fused-ring (bicyclic) bond motifs is 1. The molecule has 1 aromatic heterocycles. The Morgan fingerprint density at radius 2 is 2.33 bits per heavy atom. The summed E-state index contributed by atoms with van der Waals surface area (Å²) in [6.45, 7) is 0. The maximum Gasteiger partial charge on any atom is 0.104 e. The van der Waals surface area contributed by atoms with Crippen molar-refractivity contribution in [2.24, 2.45) is 10.7 Å². The van der Waals surface area contributed by atoms with E-state index in [4.69, 9.17) is 5.73 Å². The topological polar surface area (TPSA) is 51.3 Å². The standard InChI is InChI=1S/C9H9N3/c10-9-3-1-2-7-4-5-11-6-8(7)12-9/h1-2,4-6H,3H2,(H2,10,12). The van der Waals surface area contributed by atoms with Gasteiger partial charge in [0.05, 0.1) is 11.9 Å². The van der Waals surface area contributed by atoms with Gasteiger partial charge in [-0.15, -0.1) is 0 Å². The molecular formula is C9H9N3. The average Bonchev–Trinajstić information content (AvgIpc) is 2.25. The van der Waals surface area contributed by atoms with Gasteiger partial charge in [-0.1, -0.05) is 12.2 Å². The Morgan fingerprint density at radius 3 is 3.25 bits per heavy atom. The molecular weight excluding hydrogens is 150 g/mol. The summed E-state index contributed by atoms with van der Waals surface area (Å²) in [5, 5.41) is 0. The van der Waals surface area contributed by atoms with E-state index >= 15 is 0 Å². The van der Waals surface area contributed by atoms with Crippen molar-refractivity contribution < 1.29 is 0 Å². The zero-order chi connectivity index (χ0) is 8.39. The summed E-state index contributed by atoms with van der Waals surface area (Å²) >= 11 is 0. The van der Waals surface area contributed by atoms with Crippen LogP contribution in [0, 0.1) is 0 Å². The summed E-state index contributed by atoms with van der Waals surface area (Å²) in [7, 11) is 0. The van der Waals surface area contributed by atoms with Crippen molar-refractivity contribution in [2.75, 3.05) is 0 Å². The first kappa shape index (κ1) is 7.03. The highest BCUT2D eigenvalue weighted by Gasteiger charge is 2.01. The van der Waals surface area contributed by atoms with Gasteiger partial charge in [0.15, 0.2) is 0 Å². The molecule has 3 nitrogen and oxygen atoms in total. The molecule has 3 heteroatoms. The summed E-state index contributed by atoms with van der Waals surface area (Å²) in [5.74, 6) is 0.637. The maximum absolute atomic E-state index is 5.62. The number of nitrogens with zero attached hydrogens (tertiary/aromatic N) is 2. The van der Waals surface area contributed by atoms with Gasteiger partial charge < -0.3 is 5.73 Å². The number of hydrogen-bond donors (Lipinski definition) is 1. The molecule has 0 aliphatic carbocycles. The Morgan fingerprint density at radius 1 is 1.42 bits per heavy atom. The first-order chi connectivity index (χ1) is 5.86. The third-order valence-electron chi connectivity index (χ3n) is 1.72. The highest BCUT2D eigenvalue weighted by Crippen LogP contribution is 2.21. The van der Waals surface area contributed by atoms with Crippen LogP contribution in [0.4, 0.5) is 5.69 Å². The summed E-state index contributed by atoms with van der Waals surface area (Å²) in [6.07, 6.45) is 8.21. The summed E-state index contributed by atoms with van der Waals surface area (Å²) in [4.78, 5) is 8.19. The minimum atomic E-state index is 0.637. The molecule has 0 unspecified atom stereocenters. The highest BCUT2D eigenvalue weighted by molar-refractivity contribution is 5.88. The molecule has 0 bridgehead atoms. The van der Waals surface area contributed by atoms with Crippen LogP contribution in [0.1, 0.15) is 12.0 Å². The molecule has 2 rings (SSSR count). The van der Waals surface area contributed by atoms with Crippen molar-refractivity contribution in [3.63, 3.8) is 0 Å². The highest BCUT2D eigenvalue weighted by atomic mass is 14.9. The fourth-order valence-corrected chi connectivity index (χ4v) is 1.14. The summed E-state index contributed by atoms with van der Waals surface area (Å²) in [5.41, 5.74) is 7.55. The fourth-order valence-electron chi connectivity index (χ4n) is 1.14. The maximum atomic E-state index is 5.62. The van der Waals surface area contributed by atoms with Gasteiger partial charge in [-0.05, 0) is 6.07 Å². The van der Waals surface area contributed by atoms with Gasteiger partial charge in [0.25, 0.3) is 0 Å². The lowest BCUT2D eigenvalue weighted by molar-refractivity contribution is 1.29. The minimum Gasteiger partial charge on any atom is -0.387 e. The van der Waals surface area contributed by atoms with E-state index in [0.717, 1.165) is 11.3 Å². The molecule has 0 spiro atoms. The lowest BCUT2D eigenvalue weighted by atomic mass is 10.2. The molecule has 0 aromatic carbocycles. The van der Waals surface area contributed by atoms with Crippen LogP contribution in [-0.2, 0) is 0 Å². The van der Waals surface area contributed by atoms with Gasteiger partial charge in [-0.2, -0.15) is 0 Å². The first-order valence-corrected chi connectivity index (χ1v) is 3.80. The first-order valence-electron chi connectivity index (χ1n) is 3.80. The van der Waals surface area contributed by atoms with Crippen LogP contribution >= 0.6 is 0 Å². The van der Waals surface area contributed by atoms with E-state index in [-0.39, 0.29) is 0 Å². The Balaban J connectivity index is 2.58. The van der Waals surface area contributed by atoms with Crippen LogP contribution < -0.4 is 5.73 Å². The van der Waals surface area contributed by atoms with E-state index < -0.39 is 0 Å². The zero-order valence-corrected chi connectivity index (χ0v) is 6.57. The molecule has 0 fully saturated rings. The number of hydrogen-bond acceptors (Lipinski definition) is 3. The van der Waals surface area contributed by atoms with Crippen molar-refractivity contribution in [1.29, 1.82) is 0 Å². The van der Waals surface area contributed by atoms with Gasteiger partial charge in [0.2, 0.25) is 0 Å². The van der Waals surface area contributed by atoms with Crippen molar-refractivity contribution in [3.8, 4) is 0 Å². The number of aliphatic imine (C=N–C) groups is 1. The average molecular weight is 159 g/mol. The molecule has 0 saturated heterocycles. The molecule has 0 atom stereocenters. The molecule has 1 aliphatic rings. The quantitative estimate of drug-likeness (QED) is 0.623. The van der Waals surface area contributed by atoms with Crippen molar-refractivity contribution >= 4 is 17.6 Å². The Bertz CT molecular complexity index is 353. The zero-order valence-electron chi connectivity index (χ0n) is 6.57. The lowest BCUT2D eigenvalue weighted by Gasteiger charge is -1.96. The number of rotatable bonds is 0. The second-order valence-corrected chi connectivity index (χ2v) is 2.64. The third kappa shape index (κ3) is 1.21. The van der Waals surface area contributed by atoms with Crippen LogP contribution in [-0.4, -0.2) is 10.8 Å². The van der Waals surface area contributed by atoms with E-state index in [2.05, 4.69) is 9.98 Å². The Kier molecular flexibility index (Phi) is 1.63. The monoisotopic (exact) mass is 159 g/mol. The normalized spacial score (nSPS) is 14.8. The molecule has 2 heterocycles. The van der Waals surface area contributed by atoms with E-state index in [1.807, 2.05) is 18.2 Å². The van der Waals surface area contributed by atoms with Crippen LogP contribution in [0.25, 0.3) is 6.08 Å². The predicted octanol–water partition coefficient (Wildman–Crippen LogP) is 1.49. The molecule has 0 saturated carbocycles. The van der Waals surface area contributed by atoms with Gasteiger partial charge >= 0.3 is 0 Å². The van der Waals surface area contributed by atoms with Gasteiger partial charge in [-0.3, -0.25) is 4.98 Å². The predicted molar refractivity (Wildman–Crippen MR) is 49.2 cm³/mol. The number of aromatic nitrogens is 1. The van der Waals surface area contributed by atoms with Gasteiger partial charge in [0.1, 0.15) is 5.84 Å². The van der Waals surface area contributed by atoms with Crippen molar-refractivity contribution in [3.05, 3.63) is 30.1 Å². The molecule has 0 radical (unpaired) electrons. The van der Waals surface area contributed by atoms with Crippen molar-refractivity contribution in [1.82, 2.24) is 4.98 Å². The molecule has 1 aromatic rings.